The molecule has 13 rings (SSSR count). The summed E-state index contributed by atoms with van der Waals surface area (Å²) in [5, 5.41) is 2.52. The van der Waals surface area contributed by atoms with E-state index in [9.17, 15) is 19.2 Å². The number of thioether (sulfide) groups is 2. The standard InChI is InChI=1S/C114H152N2O4S12/c1-13-25-33-37-41-45-53-81-67-87(71-101-111(117)115(113(119)131-101)75-79(23-11)51-31-19-7)123-105(81)93-61-63-95(125-93)107-83(55-47-43-39-35-27-15-3)69-97(127-107)99-73-89-103(91-59-57-85(121-91)65-77(21-9)49-29-17-5)110-90(104(109(89)129-99)92-60-58-86(122-92)66-78(22-10)50-30-18-6)74-100(130-110)98-70-84(56-48-44-40-36-28-16-4)108(128-98)96-64-62-94(126-96)106-82(54-46-42-38-34-26-14-2)68-88(124-106)72-102-112(118)116(114(120)132-102)76-80(24-12)52-32-20-8/h57-64,67-74,77-80H,13-56,65-66,75-76H2,1-12H3/b101-71-,102-72-. The molecule has 4 amide bonds. The Morgan fingerprint density at radius 1 is 0.273 bits per heavy atom. The first-order valence-electron chi connectivity index (χ1n) is 52.0. The van der Waals surface area contributed by atoms with E-state index < -0.39 is 0 Å². The van der Waals surface area contributed by atoms with E-state index in [4.69, 9.17) is 0 Å². The second-order valence-corrected chi connectivity index (χ2v) is 50.8. The molecule has 11 aromatic rings. The van der Waals surface area contributed by atoms with Crippen molar-refractivity contribution in [2.45, 2.75) is 378 Å². The quantitative estimate of drug-likeness (QED) is 0.0279. The summed E-state index contributed by atoms with van der Waals surface area (Å²) in [6.45, 7) is 28.6. The van der Waals surface area contributed by atoms with Gasteiger partial charge in [-0.25, -0.2) is 0 Å². The van der Waals surface area contributed by atoms with E-state index in [-0.39, 0.29) is 22.3 Å². The van der Waals surface area contributed by atoms with Crippen LogP contribution in [0.3, 0.4) is 0 Å². The lowest BCUT2D eigenvalue weighted by Gasteiger charge is -2.20. The fourth-order valence-corrected chi connectivity index (χ4v) is 33.7. The lowest BCUT2D eigenvalue weighted by Crippen LogP contribution is -2.33. The van der Waals surface area contributed by atoms with Crippen molar-refractivity contribution >= 4 is 192 Å². The van der Waals surface area contributed by atoms with Crippen LogP contribution in [-0.2, 0) is 48.1 Å². The summed E-state index contributed by atoms with van der Waals surface area (Å²) in [5.41, 5.74) is 8.48. The average Bonchev–Trinajstić information content (AvgIpc) is 1.56. The molecule has 2 aliphatic heterocycles. The maximum Gasteiger partial charge on any atom is 0.293 e. The van der Waals surface area contributed by atoms with Gasteiger partial charge in [-0.3, -0.25) is 29.0 Å². The highest BCUT2D eigenvalue weighted by atomic mass is 32.2. The third-order valence-corrected chi connectivity index (χ3v) is 41.9. The van der Waals surface area contributed by atoms with E-state index >= 15 is 0 Å². The zero-order chi connectivity index (χ0) is 92.8. The van der Waals surface area contributed by atoms with Crippen LogP contribution in [0.1, 0.15) is 382 Å². The van der Waals surface area contributed by atoms with Crippen LogP contribution in [0, 0.1) is 23.7 Å². The van der Waals surface area contributed by atoms with Gasteiger partial charge in [0.05, 0.1) is 9.81 Å². The second kappa shape index (κ2) is 54.1. The number of nitrogens with zero attached hydrogens (tertiary/aromatic N) is 2. The molecular weight excluding hydrogens is 1850 g/mol. The zero-order valence-electron chi connectivity index (χ0n) is 81.9. The van der Waals surface area contributed by atoms with E-state index in [1.54, 1.807) is 0 Å². The van der Waals surface area contributed by atoms with Crippen molar-refractivity contribution in [3.63, 3.8) is 0 Å². The SMILES string of the molecule is CCCCCCCCc1cc(/C=C2\SC(=O)N(CC(CC)CCCC)C2=O)sc1-c1ccc(-c2sc(-c3cc4c(-c5ccc(CC(CC)CCCC)s5)c5sc(-c6cc(CCCCCCCC)c(-c7ccc(-c8sc(/C=C9\SC(=O)N(CC(CC)CCCC)C9=O)cc8CCCCCCCC)s7)s6)cc5c(-c5ccc(CC(CC)CCCC)s5)c4s3)cc2CCCCCCCC)s1. The van der Waals surface area contributed by atoms with Crippen molar-refractivity contribution in [1.29, 1.82) is 0 Å². The van der Waals surface area contributed by atoms with Gasteiger partial charge in [0.15, 0.2) is 0 Å². The number of fused-ring (bicyclic) bond motifs is 2. The molecule has 0 spiro atoms. The number of hydrogen-bond donors (Lipinski definition) is 0. The van der Waals surface area contributed by atoms with Gasteiger partial charge in [0, 0.05) is 132 Å². The number of carbonyl (C=O) groups is 4. The lowest BCUT2D eigenvalue weighted by molar-refractivity contribution is -0.124. The number of carbonyl (C=O) groups excluding carboxylic acids is 4. The summed E-state index contributed by atoms with van der Waals surface area (Å²) in [4.78, 5) is 84.2. The molecule has 0 bridgehead atoms. The molecule has 0 N–H and O–H groups in total. The highest BCUT2D eigenvalue weighted by Crippen LogP contribution is 2.58. The van der Waals surface area contributed by atoms with Crippen molar-refractivity contribution in [1.82, 2.24) is 9.80 Å². The highest BCUT2D eigenvalue weighted by Gasteiger charge is 2.39. The second-order valence-electron chi connectivity index (χ2n) is 38.0. The fourth-order valence-electron chi connectivity index (χ4n) is 19.4. The first-order chi connectivity index (χ1) is 64.6. The van der Waals surface area contributed by atoms with Gasteiger partial charge in [0.2, 0.25) is 0 Å². The van der Waals surface area contributed by atoms with Crippen LogP contribution in [0.25, 0.3) is 112 Å². The Morgan fingerprint density at radius 3 is 0.886 bits per heavy atom. The molecule has 714 valence electrons. The van der Waals surface area contributed by atoms with Gasteiger partial charge in [-0.2, -0.15) is 0 Å². The monoisotopic (exact) mass is 2000 g/mol. The van der Waals surface area contributed by atoms with Crippen LogP contribution in [0.2, 0.25) is 0 Å². The van der Waals surface area contributed by atoms with Crippen LogP contribution in [0.4, 0.5) is 9.59 Å². The van der Waals surface area contributed by atoms with Gasteiger partial charge in [0.1, 0.15) is 0 Å². The summed E-state index contributed by atoms with van der Waals surface area (Å²) >= 11 is 22.1. The molecule has 0 radical (unpaired) electrons. The third-order valence-electron chi connectivity index (χ3n) is 27.7. The van der Waals surface area contributed by atoms with Crippen LogP contribution < -0.4 is 0 Å². The summed E-state index contributed by atoms with van der Waals surface area (Å²) < 4.78 is 2.81. The first-order valence-corrected chi connectivity index (χ1v) is 61.8. The first kappa shape index (κ1) is 105. The number of rotatable bonds is 62. The number of hydrogen-bond acceptors (Lipinski definition) is 16. The Bertz CT molecular complexity index is 5140. The van der Waals surface area contributed by atoms with Gasteiger partial charge in [-0.05, 0) is 244 Å². The normalized spacial score (nSPS) is 14.9. The number of imide groups is 2. The molecule has 18 heteroatoms. The molecule has 6 nitrogen and oxygen atoms in total. The minimum atomic E-state index is -0.130. The Labute approximate surface area is 843 Å². The molecule has 4 unspecified atom stereocenters. The van der Waals surface area contributed by atoms with Crippen LogP contribution in [0.15, 0.2) is 94.7 Å². The summed E-state index contributed by atoms with van der Waals surface area (Å²) in [5.74, 6) is 1.71. The van der Waals surface area contributed by atoms with Crippen molar-refractivity contribution in [3.05, 3.63) is 137 Å². The number of aryl methyl sites for hydroxylation is 4. The summed E-state index contributed by atoms with van der Waals surface area (Å²) in [6.07, 6.45) is 58.6. The van der Waals surface area contributed by atoms with E-state index in [1.807, 2.05) is 80.2 Å². The largest absolute Gasteiger partial charge is 0.293 e. The molecule has 132 heavy (non-hydrogen) atoms. The van der Waals surface area contributed by atoms with Gasteiger partial charge in [-0.15, -0.1) is 113 Å². The predicted octanol–water partition coefficient (Wildman–Crippen LogP) is 41.6. The molecule has 2 fully saturated rings. The topological polar surface area (TPSA) is 74.8 Å². The number of benzene rings is 1. The molecule has 10 aromatic heterocycles. The third kappa shape index (κ3) is 27.9. The Hall–Kier alpha value is -4.80. The smallest absolute Gasteiger partial charge is 0.268 e. The van der Waals surface area contributed by atoms with Gasteiger partial charge >= 0.3 is 0 Å². The molecule has 1 aromatic carbocycles. The molecule has 4 atom stereocenters. The predicted molar refractivity (Wildman–Crippen MR) is 598 cm³/mol. The fraction of sp³-hybridized carbons (Fsp3) is 0.561. The molecule has 2 aliphatic rings. The molecular formula is C114H152N2O4S12. The van der Waals surface area contributed by atoms with Crippen LogP contribution in [0.5, 0.6) is 0 Å². The van der Waals surface area contributed by atoms with Crippen molar-refractivity contribution in [3.8, 4) is 79.4 Å². The maximum atomic E-state index is 14.3. The minimum Gasteiger partial charge on any atom is -0.268 e. The Morgan fingerprint density at radius 2 is 0.561 bits per heavy atom. The van der Waals surface area contributed by atoms with E-state index in [0.29, 0.717) is 46.6 Å². The Kier molecular flexibility index (Phi) is 42.9. The van der Waals surface area contributed by atoms with Gasteiger partial charge < -0.3 is 0 Å². The number of unbranched alkanes of at least 4 members (excludes halogenated alkanes) is 24. The van der Waals surface area contributed by atoms with E-state index in [0.717, 1.165) is 136 Å². The zero-order valence-corrected chi connectivity index (χ0v) is 91.7. The van der Waals surface area contributed by atoms with Crippen molar-refractivity contribution in [2.75, 3.05) is 13.1 Å². The lowest BCUT2D eigenvalue weighted by atomic mass is 9.95. The number of amides is 4. The molecule has 0 saturated carbocycles. The van der Waals surface area contributed by atoms with Crippen LogP contribution in [-0.4, -0.2) is 45.2 Å². The van der Waals surface area contributed by atoms with Crippen LogP contribution >= 0.6 is 137 Å². The van der Waals surface area contributed by atoms with Crippen molar-refractivity contribution < 1.29 is 19.2 Å². The highest BCUT2D eigenvalue weighted by molar-refractivity contribution is 8.18. The van der Waals surface area contributed by atoms with E-state index in [1.165, 1.54) is 334 Å². The van der Waals surface area contributed by atoms with E-state index in [2.05, 4.69) is 213 Å². The Balaban J connectivity index is 0.936. The number of thiophene rings is 10. The summed E-state index contributed by atoms with van der Waals surface area (Å²) in [6, 6.07) is 35.0. The molecule has 2 saturated heterocycles. The maximum absolute atomic E-state index is 14.3. The average molecular weight is 2000 g/mol. The van der Waals surface area contributed by atoms with Crippen molar-refractivity contribution in [2.24, 2.45) is 23.7 Å². The van der Waals surface area contributed by atoms with Gasteiger partial charge in [0.25, 0.3) is 22.3 Å². The molecule has 0 aliphatic carbocycles. The minimum absolute atomic E-state index is 0.129. The molecule has 12 heterocycles. The van der Waals surface area contributed by atoms with Gasteiger partial charge in [-0.1, -0.05) is 301 Å². The summed E-state index contributed by atoms with van der Waals surface area (Å²) in [7, 11) is 0.